The third-order valence-corrected chi connectivity index (χ3v) is 4.66. The minimum atomic E-state index is -0.783. The third kappa shape index (κ3) is 5.85. The van der Waals surface area contributed by atoms with Gasteiger partial charge in [0.25, 0.3) is 0 Å². The minimum absolute atomic E-state index is 0.126. The molecule has 1 aromatic heterocycles. The van der Waals surface area contributed by atoms with Gasteiger partial charge < -0.3 is 20.1 Å². The molecule has 0 saturated carbocycles. The summed E-state index contributed by atoms with van der Waals surface area (Å²) in [4.78, 5) is 25.0. The molecule has 31 heavy (non-hydrogen) atoms. The van der Waals surface area contributed by atoms with Gasteiger partial charge in [0.2, 0.25) is 5.91 Å². The highest BCUT2D eigenvalue weighted by atomic mass is 16.5. The van der Waals surface area contributed by atoms with Crippen molar-refractivity contribution in [2.45, 2.75) is 26.5 Å². The molecule has 0 unspecified atom stereocenters. The number of benzene rings is 2. The van der Waals surface area contributed by atoms with Crippen molar-refractivity contribution in [3.05, 3.63) is 66.2 Å². The lowest BCUT2D eigenvalue weighted by Crippen LogP contribution is -2.47. The molecule has 8 heteroatoms. The van der Waals surface area contributed by atoms with Crippen molar-refractivity contribution in [1.29, 1.82) is 0 Å². The molecule has 0 bridgehead atoms. The molecule has 8 nitrogen and oxygen atoms in total. The van der Waals surface area contributed by atoms with E-state index in [1.54, 1.807) is 13.2 Å². The zero-order valence-corrected chi connectivity index (χ0v) is 17.7. The number of nitrogens with zero attached hydrogens (tertiary/aromatic N) is 1. The summed E-state index contributed by atoms with van der Waals surface area (Å²) in [5.41, 5.74) is 2.38. The summed E-state index contributed by atoms with van der Waals surface area (Å²) in [6, 6.07) is 17.7. The van der Waals surface area contributed by atoms with Crippen LogP contribution in [0.1, 0.15) is 19.4 Å². The van der Waals surface area contributed by atoms with Gasteiger partial charge in [-0.15, -0.1) is 0 Å². The number of ether oxygens (including phenoxy) is 2. The second-order valence-electron chi connectivity index (χ2n) is 7.28. The predicted octanol–water partition coefficient (Wildman–Crippen LogP) is 3.97. The van der Waals surface area contributed by atoms with Gasteiger partial charge in [-0.25, -0.2) is 4.79 Å². The first kappa shape index (κ1) is 21.9. The van der Waals surface area contributed by atoms with E-state index in [2.05, 4.69) is 20.8 Å². The van der Waals surface area contributed by atoms with Crippen molar-refractivity contribution in [3.63, 3.8) is 0 Å². The minimum Gasteiger partial charge on any atom is -0.496 e. The molecular weight excluding hydrogens is 396 g/mol. The fraction of sp³-hybridized carbons (Fsp3) is 0.261. The molecule has 2 amide bonds. The Balaban J connectivity index is 1.62. The van der Waals surface area contributed by atoms with Crippen LogP contribution in [0.3, 0.4) is 0 Å². The standard InChI is InChI=1S/C23H26N4O4/c1-15(2)21(25-23(29)31-14-16-9-5-4-6-10-16)22(28)24-20-13-18(26-27-20)17-11-7-8-12-19(17)30-3/h4-13,15,21H,14H2,1-3H3,(H,25,29)(H2,24,26,27,28)/t21-/m0/s1. The second kappa shape index (κ2) is 10.3. The Hall–Kier alpha value is -3.81. The maximum absolute atomic E-state index is 12.8. The molecule has 3 aromatic rings. The summed E-state index contributed by atoms with van der Waals surface area (Å²) in [6.07, 6.45) is -0.658. The number of nitrogens with one attached hydrogen (secondary N) is 3. The van der Waals surface area contributed by atoms with Crippen LogP contribution in [-0.2, 0) is 16.1 Å². The van der Waals surface area contributed by atoms with Gasteiger partial charge in [-0.3, -0.25) is 9.89 Å². The fourth-order valence-electron chi connectivity index (χ4n) is 3.02. The van der Waals surface area contributed by atoms with Gasteiger partial charge >= 0.3 is 6.09 Å². The second-order valence-corrected chi connectivity index (χ2v) is 7.28. The van der Waals surface area contributed by atoms with E-state index in [9.17, 15) is 9.59 Å². The van der Waals surface area contributed by atoms with Crippen LogP contribution in [-0.4, -0.2) is 35.3 Å². The molecule has 3 rings (SSSR count). The number of para-hydroxylation sites is 1. The Morgan fingerprint density at radius 3 is 2.48 bits per heavy atom. The number of carbonyl (C=O) groups is 2. The molecule has 0 aliphatic carbocycles. The van der Waals surface area contributed by atoms with Gasteiger partial charge in [0.05, 0.1) is 12.8 Å². The van der Waals surface area contributed by atoms with Crippen molar-refractivity contribution in [2.24, 2.45) is 5.92 Å². The number of H-pyrrole nitrogens is 1. The van der Waals surface area contributed by atoms with Crippen LogP contribution in [0.4, 0.5) is 10.6 Å². The van der Waals surface area contributed by atoms with Gasteiger partial charge in [-0.2, -0.15) is 5.10 Å². The Bertz CT molecular complexity index is 1020. The quantitative estimate of drug-likeness (QED) is 0.509. The van der Waals surface area contributed by atoms with Crippen molar-refractivity contribution in [3.8, 4) is 17.0 Å². The van der Waals surface area contributed by atoms with E-state index in [4.69, 9.17) is 9.47 Å². The highest BCUT2D eigenvalue weighted by Crippen LogP contribution is 2.29. The predicted molar refractivity (Wildman–Crippen MR) is 118 cm³/mol. The topological polar surface area (TPSA) is 105 Å². The molecule has 0 saturated heterocycles. The van der Waals surface area contributed by atoms with Crippen LogP contribution in [0, 0.1) is 5.92 Å². The monoisotopic (exact) mass is 422 g/mol. The summed E-state index contributed by atoms with van der Waals surface area (Å²) >= 11 is 0. The Labute approximate surface area is 181 Å². The Morgan fingerprint density at radius 1 is 1.06 bits per heavy atom. The first-order valence-corrected chi connectivity index (χ1v) is 9.94. The zero-order chi connectivity index (χ0) is 22.2. The molecule has 1 atom stereocenters. The van der Waals surface area contributed by atoms with Crippen LogP contribution in [0.2, 0.25) is 0 Å². The first-order chi connectivity index (χ1) is 15.0. The lowest BCUT2D eigenvalue weighted by atomic mass is 10.0. The van der Waals surface area contributed by atoms with E-state index in [-0.39, 0.29) is 18.4 Å². The van der Waals surface area contributed by atoms with Gasteiger partial charge in [-0.1, -0.05) is 56.3 Å². The Kier molecular flexibility index (Phi) is 7.26. The van der Waals surface area contributed by atoms with E-state index < -0.39 is 12.1 Å². The van der Waals surface area contributed by atoms with Crippen molar-refractivity contribution in [1.82, 2.24) is 15.5 Å². The van der Waals surface area contributed by atoms with E-state index in [1.165, 1.54) is 0 Å². The van der Waals surface area contributed by atoms with Crippen molar-refractivity contribution >= 4 is 17.8 Å². The highest BCUT2D eigenvalue weighted by Gasteiger charge is 2.25. The average molecular weight is 422 g/mol. The molecule has 0 fully saturated rings. The average Bonchev–Trinajstić information content (AvgIpc) is 3.24. The maximum atomic E-state index is 12.8. The van der Waals surface area contributed by atoms with Crippen molar-refractivity contribution in [2.75, 3.05) is 12.4 Å². The molecule has 2 aromatic carbocycles. The Morgan fingerprint density at radius 2 is 1.77 bits per heavy atom. The van der Waals surface area contributed by atoms with Crippen molar-refractivity contribution < 1.29 is 19.1 Å². The highest BCUT2D eigenvalue weighted by molar-refractivity contribution is 5.96. The molecule has 0 radical (unpaired) electrons. The van der Waals surface area contributed by atoms with E-state index in [0.29, 0.717) is 17.3 Å². The number of alkyl carbamates (subject to hydrolysis) is 1. The number of aromatic amines is 1. The number of hydrogen-bond donors (Lipinski definition) is 3. The van der Waals surface area contributed by atoms with Gasteiger partial charge in [-0.05, 0) is 23.6 Å². The molecule has 0 spiro atoms. The summed E-state index contributed by atoms with van der Waals surface area (Å²) in [6.45, 7) is 3.81. The van der Waals surface area contributed by atoms with Crippen LogP contribution < -0.4 is 15.4 Å². The smallest absolute Gasteiger partial charge is 0.408 e. The van der Waals surface area contributed by atoms with E-state index in [1.807, 2.05) is 68.4 Å². The van der Waals surface area contributed by atoms with E-state index >= 15 is 0 Å². The first-order valence-electron chi connectivity index (χ1n) is 9.94. The molecular formula is C23H26N4O4. The molecule has 0 aliphatic rings. The molecule has 1 heterocycles. The summed E-state index contributed by atoms with van der Waals surface area (Å²) in [5, 5.41) is 12.4. The van der Waals surface area contributed by atoms with Crippen LogP contribution in [0.25, 0.3) is 11.3 Å². The zero-order valence-electron chi connectivity index (χ0n) is 17.7. The number of carbonyl (C=O) groups excluding carboxylic acids is 2. The van der Waals surface area contributed by atoms with Gasteiger partial charge in [0, 0.05) is 11.6 Å². The van der Waals surface area contributed by atoms with E-state index in [0.717, 1.165) is 11.1 Å². The van der Waals surface area contributed by atoms with Gasteiger partial charge in [0.1, 0.15) is 18.4 Å². The number of amides is 2. The normalized spacial score (nSPS) is 11.6. The number of anilines is 1. The van der Waals surface area contributed by atoms with Gasteiger partial charge in [0.15, 0.2) is 5.82 Å². The summed E-state index contributed by atoms with van der Waals surface area (Å²) in [7, 11) is 1.59. The fourth-order valence-corrected chi connectivity index (χ4v) is 3.02. The summed E-state index contributed by atoms with van der Waals surface area (Å²) < 4.78 is 10.6. The number of hydrogen-bond acceptors (Lipinski definition) is 5. The van der Waals surface area contributed by atoms with Crippen LogP contribution in [0.5, 0.6) is 5.75 Å². The lowest BCUT2D eigenvalue weighted by Gasteiger charge is -2.20. The molecule has 0 aliphatic heterocycles. The SMILES string of the molecule is COc1ccccc1-c1cc(NC(=O)[C@@H](NC(=O)OCc2ccccc2)C(C)C)n[nH]1. The third-order valence-electron chi connectivity index (χ3n) is 4.66. The maximum Gasteiger partial charge on any atom is 0.408 e. The largest absolute Gasteiger partial charge is 0.496 e. The number of methoxy groups -OCH3 is 1. The lowest BCUT2D eigenvalue weighted by molar-refractivity contribution is -0.119. The summed E-state index contributed by atoms with van der Waals surface area (Å²) in [5.74, 6) is 0.490. The molecule has 3 N–H and O–H groups in total. The molecule has 162 valence electrons. The van der Waals surface area contributed by atoms with Crippen LogP contribution in [0.15, 0.2) is 60.7 Å². The number of rotatable bonds is 8. The van der Waals surface area contributed by atoms with Crippen LogP contribution >= 0.6 is 0 Å². The number of aromatic nitrogens is 2.